The Bertz CT molecular complexity index is 1160. The Labute approximate surface area is 273 Å². The predicted molar refractivity (Wildman–Crippen MR) is 183 cm³/mol. The van der Waals surface area contributed by atoms with Crippen LogP contribution in [0.15, 0.2) is 35.4 Å². The van der Waals surface area contributed by atoms with Gasteiger partial charge in [-0.1, -0.05) is 24.6 Å². The smallest absolute Gasteiger partial charge is 0.236 e. The van der Waals surface area contributed by atoms with Gasteiger partial charge in [0.05, 0.1) is 25.4 Å². The Kier molecular flexibility index (Phi) is 11.9. The zero-order chi connectivity index (χ0) is 26.1. The van der Waals surface area contributed by atoms with Crippen LogP contribution in [0.5, 0.6) is 0 Å². The van der Waals surface area contributed by atoms with Gasteiger partial charge in [-0.3, -0.25) is 0 Å². The molecule has 0 aromatic heterocycles. The molecule has 0 radical (unpaired) electrons. The molecule has 2 aliphatic heterocycles. The zero-order valence-electron chi connectivity index (χ0n) is 24.7. The number of ether oxygens (including phenoxy) is 3. The summed E-state index contributed by atoms with van der Waals surface area (Å²) in [6.07, 6.45) is 5.28. The van der Waals surface area contributed by atoms with E-state index in [1.165, 1.54) is 16.7 Å². The van der Waals surface area contributed by atoms with E-state index in [0.717, 1.165) is 37.8 Å². The van der Waals surface area contributed by atoms with E-state index in [2.05, 4.69) is 62.0 Å². The van der Waals surface area contributed by atoms with Crippen molar-refractivity contribution in [1.29, 1.82) is 0 Å². The summed E-state index contributed by atoms with van der Waals surface area (Å²) in [6.45, 7) is 5.65. The van der Waals surface area contributed by atoms with Crippen LogP contribution >= 0.6 is 54.0 Å². The van der Waals surface area contributed by atoms with E-state index in [0.29, 0.717) is 32.7 Å². The number of fused-ring (bicyclic) bond motifs is 4. The molecule has 0 bridgehead atoms. The summed E-state index contributed by atoms with van der Waals surface area (Å²) in [4.78, 5) is 2.11. The zero-order valence-corrected chi connectivity index (χ0v) is 28.7. The molecule has 232 valence electrons. The van der Waals surface area contributed by atoms with Crippen molar-refractivity contribution in [2.24, 2.45) is 17.3 Å². The highest BCUT2D eigenvalue weighted by Gasteiger charge is 2.64. The van der Waals surface area contributed by atoms with Gasteiger partial charge in [0.1, 0.15) is 0 Å². The average molecular weight is 644 g/mol. The maximum absolute atomic E-state index is 12.2. The summed E-state index contributed by atoms with van der Waals surface area (Å²) < 4.78 is 18.2. The monoisotopic (exact) mass is 643 g/mol. The summed E-state index contributed by atoms with van der Waals surface area (Å²) in [5, 5.41) is 24.0. The lowest BCUT2D eigenvalue weighted by Crippen LogP contribution is -2.62. The number of aliphatic hydroxyl groups is 2. The van der Waals surface area contributed by atoms with Gasteiger partial charge >= 0.3 is 0 Å². The van der Waals surface area contributed by atoms with E-state index in [1.807, 2.05) is 0 Å². The van der Waals surface area contributed by atoms with Gasteiger partial charge in [-0.2, -0.15) is 54.0 Å². The van der Waals surface area contributed by atoms with Crippen molar-refractivity contribution >= 4 is 59.7 Å². The molecule has 1 aromatic carbocycles. The largest absolute Gasteiger partial charge is 0.385 e. The van der Waals surface area contributed by atoms with Crippen LogP contribution in [-0.4, -0.2) is 61.3 Å². The molecule has 10 heteroatoms. The van der Waals surface area contributed by atoms with Crippen LogP contribution in [-0.2, 0) is 14.2 Å². The fourth-order valence-corrected chi connectivity index (χ4v) is 8.43. The first-order valence-corrected chi connectivity index (χ1v) is 13.9. The minimum atomic E-state index is -1.47. The SMILES string of the molecule is CC#C[C@@]1(O)OCC[C@H]2[C@@H]3CC[C@@]4(O)CC5(CCC4=C3[C@@H](c3ccc(N(C)C)cc3)C[C@@]21C)OCCO5.S.S.S.S. The molecule has 5 aliphatic rings. The van der Waals surface area contributed by atoms with E-state index >= 15 is 0 Å². The minimum absolute atomic E-state index is 0. The van der Waals surface area contributed by atoms with Crippen molar-refractivity contribution in [3.05, 3.63) is 41.0 Å². The lowest BCUT2D eigenvalue weighted by Gasteiger charge is -2.61. The maximum Gasteiger partial charge on any atom is 0.236 e. The van der Waals surface area contributed by atoms with Crippen molar-refractivity contribution in [2.75, 3.05) is 38.8 Å². The topological polar surface area (TPSA) is 71.4 Å². The molecule has 6 nitrogen and oxygen atoms in total. The number of hydrogen-bond donors (Lipinski definition) is 2. The molecule has 6 rings (SSSR count). The summed E-state index contributed by atoms with van der Waals surface area (Å²) in [6, 6.07) is 8.79. The van der Waals surface area contributed by atoms with Crippen molar-refractivity contribution in [1.82, 2.24) is 0 Å². The van der Waals surface area contributed by atoms with Crippen LogP contribution in [0.2, 0.25) is 0 Å². The molecule has 1 spiro atoms. The molecular formula is C31H49NO5S4. The van der Waals surface area contributed by atoms with Gasteiger partial charge in [-0.15, -0.1) is 5.92 Å². The molecule has 2 N–H and O–H groups in total. The second kappa shape index (κ2) is 13.3. The second-order valence-corrected chi connectivity index (χ2v) is 12.3. The molecule has 3 aliphatic carbocycles. The van der Waals surface area contributed by atoms with Crippen molar-refractivity contribution in [3.63, 3.8) is 0 Å². The summed E-state index contributed by atoms with van der Waals surface area (Å²) >= 11 is 0. The van der Waals surface area contributed by atoms with E-state index in [9.17, 15) is 10.2 Å². The first-order chi connectivity index (χ1) is 17.6. The third kappa shape index (κ3) is 5.85. The van der Waals surface area contributed by atoms with E-state index < -0.39 is 22.6 Å². The first kappa shape index (κ1) is 36.7. The van der Waals surface area contributed by atoms with Crippen LogP contribution in [0.25, 0.3) is 0 Å². The van der Waals surface area contributed by atoms with Gasteiger partial charge in [0.2, 0.25) is 5.79 Å². The standard InChI is InChI=1S/C31H41NO5.4H2S/c1-5-13-31(34)28(2)19-24(21-6-8-22(9-7-21)32(3)4)27-23(25(28)12-16-37-31)10-14-29(33)20-30(15-11-26(27)29)35-17-18-36-30;;;;/h6-9,23-25,33-34H,10-12,14-20H2,1-4H3;4*1H2/t23-,24+,25-,28-,29+,31+;;;;/m0..../s1. The van der Waals surface area contributed by atoms with Crippen molar-refractivity contribution in [2.45, 2.75) is 81.9 Å². The van der Waals surface area contributed by atoms with Gasteiger partial charge in [-0.05, 0) is 80.1 Å². The minimum Gasteiger partial charge on any atom is -0.385 e. The Morgan fingerprint density at radius 1 is 0.902 bits per heavy atom. The van der Waals surface area contributed by atoms with Gasteiger partial charge in [0.25, 0.3) is 0 Å². The lowest BCUT2D eigenvalue weighted by atomic mass is 9.47. The number of rotatable bonds is 2. The Balaban J connectivity index is 0.00000147. The molecule has 2 heterocycles. The Hall–Kier alpha value is -0.480. The number of allylic oxidation sites excluding steroid dienone is 1. The summed E-state index contributed by atoms with van der Waals surface area (Å²) in [7, 11) is 4.11. The van der Waals surface area contributed by atoms with Gasteiger partial charge < -0.3 is 29.3 Å². The molecule has 41 heavy (non-hydrogen) atoms. The van der Waals surface area contributed by atoms with Crippen LogP contribution < -0.4 is 4.90 Å². The van der Waals surface area contributed by atoms with Gasteiger partial charge in [0, 0.05) is 44.0 Å². The van der Waals surface area contributed by atoms with E-state index in [4.69, 9.17) is 14.2 Å². The maximum atomic E-state index is 12.2. The molecule has 4 fully saturated rings. The van der Waals surface area contributed by atoms with Crippen LogP contribution in [0.1, 0.15) is 70.3 Å². The fourth-order valence-electron chi connectivity index (χ4n) is 8.43. The summed E-state index contributed by atoms with van der Waals surface area (Å²) in [5.41, 5.74) is 3.56. The van der Waals surface area contributed by atoms with Crippen LogP contribution in [0.4, 0.5) is 5.69 Å². The Morgan fingerprint density at radius 2 is 1.56 bits per heavy atom. The van der Waals surface area contributed by atoms with Crippen molar-refractivity contribution < 1.29 is 24.4 Å². The molecule has 1 aromatic rings. The van der Waals surface area contributed by atoms with E-state index in [-0.39, 0.29) is 71.7 Å². The summed E-state index contributed by atoms with van der Waals surface area (Å²) in [5.74, 6) is 4.50. The first-order valence-electron chi connectivity index (χ1n) is 13.9. The second-order valence-electron chi connectivity index (χ2n) is 12.3. The molecule has 2 saturated heterocycles. The third-order valence-corrected chi connectivity index (χ3v) is 10.2. The molecule has 2 saturated carbocycles. The number of anilines is 1. The quantitative estimate of drug-likeness (QED) is 0.356. The highest BCUT2D eigenvalue weighted by atomic mass is 32.1. The van der Waals surface area contributed by atoms with E-state index in [1.54, 1.807) is 6.92 Å². The Morgan fingerprint density at radius 3 is 2.17 bits per heavy atom. The molecule has 6 atom stereocenters. The highest BCUT2D eigenvalue weighted by Crippen LogP contribution is 2.65. The fraction of sp³-hybridized carbons (Fsp3) is 0.677. The number of benzene rings is 1. The predicted octanol–water partition coefficient (Wildman–Crippen LogP) is 4.81. The van der Waals surface area contributed by atoms with Gasteiger partial charge in [-0.25, -0.2) is 0 Å². The van der Waals surface area contributed by atoms with Crippen LogP contribution in [0, 0.1) is 29.1 Å². The lowest BCUT2D eigenvalue weighted by molar-refractivity contribution is -0.286. The average Bonchev–Trinajstić information content (AvgIpc) is 3.31. The third-order valence-electron chi connectivity index (χ3n) is 10.2. The number of nitrogens with zero attached hydrogens (tertiary/aromatic N) is 1. The van der Waals surface area contributed by atoms with Gasteiger partial charge in [0.15, 0.2) is 5.79 Å². The normalized spacial score (nSPS) is 36.4. The highest BCUT2D eigenvalue weighted by molar-refractivity contribution is 7.59. The molecule has 0 amide bonds. The molecule has 0 unspecified atom stereocenters. The molecular weight excluding hydrogens is 595 g/mol. The van der Waals surface area contributed by atoms with Crippen LogP contribution in [0.3, 0.4) is 0 Å². The number of hydrogen-bond acceptors (Lipinski definition) is 6. The van der Waals surface area contributed by atoms with Crippen molar-refractivity contribution in [3.8, 4) is 11.8 Å².